The van der Waals surface area contributed by atoms with Crippen LogP contribution < -0.4 is 0 Å². The van der Waals surface area contributed by atoms with E-state index in [-0.39, 0.29) is 0 Å². The first-order chi connectivity index (χ1) is 6.92. The summed E-state index contributed by atoms with van der Waals surface area (Å²) in [4.78, 5) is 0. The summed E-state index contributed by atoms with van der Waals surface area (Å²) in [6.07, 6.45) is 5.99. The molecular weight excluding hydrogens is 168 g/mol. The second-order valence-electron chi connectivity index (χ2n) is 3.29. The third-order valence-electron chi connectivity index (χ3n) is 2.48. The highest BCUT2D eigenvalue weighted by Crippen LogP contribution is 2.31. The number of hydrogen-bond donors (Lipinski definition) is 0. The summed E-state index contributed by atoms with van der Waals surface area (Å²) in [6.45, 7) is 6.20. The summed E-state index contributed by atoms with van der Waals surface area (Å²) >= 11 is 0. The van der Waals surface area contributed by atoms with Gasteiger partial charge in [0.25, 0.3) is 0 Å². The van der Waals surface area contributed by atoms with E-state index < -0.39 is 0 Å². The molecule has 0 heteroatoms. The van der Waals surface area contributed by atoms with Gasteiger partial charge in [-0.2, -0.15) is 0 Å². The molecule has 0 saturated carbocycles. The molecule has 1 aliphatic carbocycles. The third kappa shape index (κ3) is 2.25. The molecule has 14 heavy (non-hydrogen) atoms. The molecule has 0 amide bonds. The molecule has 0 saturated heterocycles. The minimum atomic E-state index is 1.16. The molecule has 0 atom stereocenters. The lowest BCUT2D eigenvalue weighted by molar-refractivity contribution is 1.07. The maximum Gasteiger partial charge on any atom is -0.0195 e. The molecule has 76 valence electrons. The normalized spacial score (nSPS) is 16.1. The molecule has 0 aliphatic heterocycles. The van der Waals surface area contributed by atoms with Gasteiger partial charge in [-0.15, -0.1) is 0 Å². The Morgan fingerprint density at radius 3 is 2.57 bits per heavy atom. The second-order valence-corrected chi connectivity index (χ2v) is 3.29. The Morgan fingerprint density at radius 2 is 1.86 bits per heavy atom. The minimum absolute atomic E-state index is 1.16. The van der Waals surface area contributed by atoms with Gasteiger partial charge < -0.3 is 0 Å². The largest absolute Gasteiger partial charge is 0.0810 e. The van der Waals surface area contributed by atoms with Gasteiger partial charge in [-0.1, -0.05) is 51.1 Å². The van der Waals surface area contributed by atoms with Crippen molar-refractivity contribution < 1.29 is 0 Å². The van der Waals surface area contributed by atoms with Crippen LogP contribution in [0.25, 0.3) is 5.57 Å². The molecule has 0 bridgehead atoms. The summed E-state index contributed by atoms with van der Waals surface area (Å²) in [5, 5.41) is 0. The molecule has 0 heterocycles. The van der Waals surface area contributed by atoms with E-state index in [9.17, 15) is 0 Å². The predicted octanol–water partition coefficient (Wildman–Crippen LogP) is 4.45. The van der Waals surface area contributed by atoms with Crippen LogP contribution in [-0.2, 0) is 6.42 Å². The van der Waals surface area contributed by atoms with Crippen molar-refractivity contribution >= 4 is 5.57 Å². The third-order valence-corrected chi connectivity index (χ3v) is 2.48. The van der Waals surface area contributed by atoms with Crippen molar-refractivity contribution in [3.05, 3.63) is 41.5 Å². The smallest absolute Gasteiger partial charge is 0.0195 e. The van der Waals surface area contributed by atoms with Crippen LogP contribution in [0.2, 0.25) is 0 Å². The first-order valence-corrected chi connectivity index (χ1v) is 5.69. The summed E-state index contributed by atoms with van der Waals surface area (Å²) < 4.78 is 0. The molecular formula is C14H20. The zero-order chi connectivity index (χ0) is 10.4. The molecule has 1 aromatic rings. The van der Waals surface area contributed by atoms with Gasteiger partial charge in [0, 0.05) is 0 Å². The predicted molar refractivity (Wildman–Crippen MR) is 64.4 cm³/mol. The molecule has 1 aromatic carbocycles. The van der Waals surface area contributed by atoms with E-state index >= 15 is 0 Å². The van der Waals surface area contributed by atoms with E-state index in [1.165, 1.54) is 24.0 Å². The lowest BCUT2D eigenvalue weighted by Crippen LogP contribution is -1.78. The lowest BCUT2D eigenvalue weighted by Gasteiger charge is -1.98. The monoisotopic (exact) mass is 188 g/mol. The highest BCUT2D eigenvalue weighted by molar-refractivity contribution is 5.72. The van der Waals surface area contributed by atoms with E-state index in [1.807, 2.05) is 13.8 Å². The Kier molecular flexibility index (Phi) is 4.45. The Balaban J connectivity index is 0.000000461. The Hall–Kier alpha value is -1.04. The lowest BCUT2D eigenvalue weighted by atomic mass is 10.1. The minimum Gasteiger partial charge on any atom is -0.0810 e. The van der Waals surface area contributed by atoms with Gasteiger partial charge in [0.2, 0.25) is 0 Å². The van der Waals surface area contributed by atoms with Gasteiger partial charge in [0.15, 0.2) is 0 Å². The molecule has 0 fully saturated rings. The van der Waals surface area contributed by atoms with Gasteiger partial charge in [-0.25, -0.2) is 0 Å². The topological polar surface area (TPSA) is 0 Å². The van der Waals surface area contributed by atoms with Gasteiger partial charge >= 0.3 is 0 Å². The number of rotatable bonds is 1. The number of benzene rings is 1. The first kappa shape index (κ1) is 11.0. The van der Waals surface area contributed by atoms with E-state index in [4.69, 9.17) is 0 Å². The maximum absolute atomic E-state index is 2.35. The molecule has 0 aromatic heterocycles. The fraction of sp³-hybridized carbons (Fsp3) is 0.429. The van der Waals surface area contributed by atoms with E-state index in [1.54, 1.807) is 5.57 Å². The van der Waals surface area contributed by atoms with Gasteiger partial charge in [0.1, 0.15) is 0 Å². The summed E-state index contributed by atoms with van der Waals surface area (Å²) in [5.41, 5.74) is 4.56. The number of allylic oxidation sites excluding steroid dienone is 2. The fourth-order valence-electron chi connectivity index (χ4n) is 1.91. The van der Waals surface area contributed by atoms with Crippen LogP contribution in [0.15, 0.2) is 30.3 Å². The Labute approximate surface area is 87.7 Å². The zero-order valence-corrected chi connectivity index (χ0v) is 9.51. The van der Waals surface area contributed by atoms with E-state index in [0.717, 1.165) is 6.42 Å². The highest BCUT2D eigenvalue weighted by atomic mass is 14.2. The van der Waals surface area contributed by atoms with Gasteiger partial charge in [-0.3, -0.25) is 0 Å². The van der Waals surface area contributed by atoms with Crippen LogP contribution in [0, 0.1) is 0 Å². The summed E-state index contributed by atoms with van der Waals surface area (Å²) in [6, 6.07) is 8.75. The second kappa shape index (κ2) is 5.64. The number of fused-ring (bicyclic) bond motifs is 1. The SMILES string of the molecule is CC.CC/C=C1\CCc2ccccc21. The van der Waals surface area contributed by atoms with Gasteiger partial charge in [0.05, 0.1) is 0 Å². The Bertz CT molecular complexity index is 308. The highest BCUT2D eigenvalue weighted by Gasteiger charge is 2.13. The van der Waals surface area contributed by atoms with Gasteiger partial charge in [-0.05, 0) is 36.0 Å². The first-order valence-electron chi connectivity index (χ1n) is 5.69. The Morgan fingerprint density at radius 1 is 1.14 bits per heavy atom. The molecule has 0 spiro atoms. The molecule has 1 aliphatic rings. The summed E-state index contributed by atoms with van der Waals surface area (Å²) in [7, 11) is 0. The van der Waals surface area contributed by atoms with Crippen LogP contribution in [0.3, 0.4) is 0 Å². The van der Waals surface area contributed by atoms with Crippen LogP contribution in [0.1, 0.15) is 44.7 Å². The van der Waals surface area contributed by atoms with Crippen molar-refractivity contribution in [1.29, 1.82) is 0 Å². The van der Waals surface area contributed by atoms with Crippen LogP contribution in [-0.4, -0.2) is 0 Å². The zero-order valence-electron chi connectivity index (χ0n) is 9.51. The standard InChI is InChI=1S/C12H14.C2H6/c1-2-5-10-8-9-11-6-3-4-7-12(10)11;1-2/h3-7H,2,8-9H2,1H3;1-2H3/b10-5+;. The van der Waals surface area contributed by atoms with Crippen molar-refractivity contribution in [3.8, 4) is 0 Å². The molecule has 2 rings (SSSR count). The molecule has 0 N–H and O–H groups in total. The van der Waals surface area contributed by atoms with Crippen molar-refractivity contribution in [1.82, 2.24) is 0 Å². The molecule has 0 unspecified atom stereocenters. The van der Waals surface area contributed by atoms with Crippen LogP contribution >= 0.6 is 0 Å². The fourth-order valence-corrected chi connectivity index (χ4v) is 1.91. The average molecular weight is 188 g/mol. The van der Waals surface area contributed by atoms with E-state index in [2.05, 4.69) is 37.3 Å². The van der Waals surface area contributed by atoms with Crippen molar-refractivity contribution in [2.45, 2.75) is 40.0 Å². The van der Waals surface area contributed by atoms with Crippen LogP contribution in [0.5, 0.6) is 0 Å². The number of aryl methyl sites for hydroxylation is 1. The van der Waals surface area contributed by atoms with Crippen molar-refractivity contribution in [2.75, 3.05) is 0 Å². The van der Waals surface area contributed by atoms with E-state index in [0.29, 0.717) is 0 Å². The molecule has 0 nitrogen and oxygen atoms in total. The quantitative estimate of drug-likeness (QED) is 0.610. The summed E-state index contributed by atoms with van der Waals surface area (Å²) in [5.74, 6) is 0. The average Bonchev–Trinajstić information content (AvgIpc) is 2.66. The van der Waals surface area contributed by atoms with Crippen LogP contribution in [0.4, 0.5) is 0 Å². The maximum atomic E-state index is 2.35. The van der Waals surface area contributed by atoms with Crippen molar-refractivity contribution in [3.63, 3.8) is 0 Å². The number of hydrogen-bond acceptors (Lipinski definition) is 0. The van der Waals surface area contributed by atoms with Crippen molar-refractivity contribution in [2.24, 2.45) is 0 Å². The molecule has 0 radical (unpaired) electrons.